The van der Waals surface area contributed by atoms with Crippen LogP contribution in [0, 0.1) is 0 Å². The van der Waals surface area contributed by atoms with Gasteiger partial charge >= 0.3 is 0 Å². The molecule has 0 amide bonds. The second kappa shape index (κ2) is 3.68. The van der Waals surface area contributed by atoms with Crippen molar-refractivity contribution in [2.75, 3.05) is 6.61 Å². The Morgan fingerprint density at radius 3 is 3.31 bits per heavy atom. The van der Waals surface area contributed by atoms with Crippen LogP contribution in [-0.2, 0) is 6.42 Å². The zero-order valence-corrected chi connectivity index (χ0v) is 9.51. The standard InChI is InChI=1S/C11H12N2O2S/c14-4-3-6-1-2-7-8(6)9-10(15)12-5-13-11(9)16-7/h5-6,14H,1-4H2,(H,12,13,15)/t6-/m1/s1. The van der Waals surface area contributed by atoms with Crippen LogP contribution in [-0.4, -0.2) is 21.7 Å². The van der Waals surface area contributed by atoms with E-state index in [0.717, 1.165) is 35.0 Å². The van der Waals surface area contributed by atoms with Crippen molar-refractivity contribution in [3.63, 3.8) is 0 Å². The molecule has 2 N–H and O–H groups in total. The molecule has 2 heterocycles. The summed E-state index contributed by atoms with van der Waals surface area (Å²) in [5.74, 6) is 0.332. The highest BCUT2D eigenvalue weighted by Crippen LogP contribution is 2.43. The van der Waals surface area contributed by atoms with Crippen molar-refractivity contribution in [2.24, 2.45) is 0 Å². The van der Waals surface area contributed by atoms with E-state index < -0.39 is 0 Å². The van der Waals surface area contributed by atoms with Crippen LogP contribution in [0.3, 0.4) is 0 Å². The van der Waals surface area contributed by atoms with Crippen LogP contribution in [0.25, 0.3) is 10.2 Å². The number of H-pyrrole nitrogens is 1. The number of nitrogens with one attached hydrogen (secondary N) is 1. The number of nitrogens with zero attached hydrogens (tertiary/aromatic N) is 1. The predicted molar refractivity (Wildman–Crippen MR) is 63.0 cm³/mol. The van der Waals surface area contributed by atoms with Crippen molar-refractivity contribution in [1.29, 1.82) is 0 Å². The lowest BCUT2D eigenvalue weighted by molar-refractivity contribution is 0.275. The summed E-state index contributed by atoms with van der Waals surface area (Å²) in [5.41, 5.74) is 1.09. The fraction of sp³-hybridized carbons (Fsp3) is 0.455. The molecule has 3 rings (SSSR count). The monoisotopic (exact) mass is 236 g/mol. The van der Waals surface area contributed by atoms with Crippen molar-refractivity contribution in [1.82, 2.24) is 9.97 Å². The molecule has 0 radical (unpaired) electrons. The molecule has 0 fully saturated rings. The Labute approximate surface area is 96.0 Å². The van der Waals surface area contributed by atoms with Gasteiger partial charge in [0.25, 0.3) is 5.56 Å². The maximum Gasteiger partial charge on any atom is 0.259 e. The van der Waals surface area contributed by atoms with Crippen LogP contribution in [0.2, 0.25) is 0 Å². The van der Waals surface area contributed by atoms with Gasteiger partial charge < -0.3 is 10.1 Å². The first-order valence-corrected chi connectivity index (χ1v) is 6.22. The average molecular weight is 236 g/mol. The third kappa shape index (κ3) is 1.32. The van der Waals surface area contributed by atoms with Crippen molar-refractivity contribution in [3.05, 3.63) is 27.1 Å². The Morgan fingerprint density at radius 1 is 1.62 bits per heavy atom. The fourth-order valence-corrected chi connectivity index (χ4v) is 3.76. The normalized spacial score (nSPS) is 19.2. The van der Waals surface area contributed by atoms with E-state index in [1.54, 1.807) is 11.3 Å². The van der Waals surface area contributed by atoms with Crippen LogP contribution < -0.4 is 5.56 Å². The molecule has 4 nitrogen and oxygen atoms in total. The van der Waals surface area contributed by atoms with Crippen LogP contribution in [0.15, 0.2) is 11.1 Å². The molecule has 0 unspecified atom stereocenters. The zero-order valence-electron chi connectivity index (χ0n) is 8.69. The predicted octanol–water partition coefficient (Wildman–Crippen LogP) is 1.40. The average Bonchev–Trinajstić information content (AvgIpc) is 2.79. The van der Waals surface area contributed by atoms with Crippen LogP contribution in [0.5, 0.6) is 0 Å². The van der Waals surface area contributed by atoms with E-state index in [2.05, 4.69) is 9.97 Å². The number of aromatic nitrogens is 2. The summed E-state index contributed by atoms with van der Waals surface area (Å²) >= 11 is 1.62. The molecule has 2 aromatic rings. The Bertz CT molecular complexity index is 587. The number of aliphatic hydroxyl groups is 1. The minimum Gasteiger partial charge on any atom is -0.396 e. The number of aryl methyl sites for hydroxylation is 1. The molecule has 0 saturated heterocycles. The van der Waals surface area contributed by atoms with E-state index >= 15 is 0 Å². The Morgan fingerprint density at radius 2 is 2.50 bits per heavy atom. The van der Waals surface area contributed by atoms with E-state index in [9.17, 15) is 4.79 Å². The molecule has 0 bridgehead atoms. The van der Waals surface area contributed by atoms with Crippen LogP contribution in [0.1, 0.15) is 29.2 Å². The first-order valence-electron chi connectivity index (χ1n) is 5.41. The number of aliphatic hydroxyl groups excluding tert-OH is 1. The molecule has 84 valence electrons. The molecular weight excluding hydrogens is 224 g/mol. The van der Waals surface area contributed by atoms with Gasteiger partial charge in [-0.25, -0.2) is 4.98 Å². The SMILES string of the molecule is O=c1[nH]cnc2sc3c(c12)[C@@H](CCO)CC3. The molecule has 0 aliphatic heterocycles. The highest BCUT2D eigenvalue weighted by molar-refractivity contribution is 7.18. The molecule has 0 saturated carbocycles. The van der Waals surface area contributed by atoms with Gasteiger partial charge in [0, 0.05) is 11.5 Å². The van der Waals surface area contributed by atoms with Gasteiger partial charge in [0.2, 0.25) is 0 Å². The van der Waals surface area contributed by atoms with Crippen molar-refractivity contribution in [2.45, 2.75) is 25.2 Å². The lowest BCUT2D eigenvalue weighted by Crippen LogP contribution is -2.08. The molecule has 0 aromatic carbocycles. The summed E-state index contributed by atoms with van der Waals surface area (Å²) in [6.07, 6.45) is 4.26. The van der Waals surface area contributed by atoms with Gasteiger partial charge in [-0.1, -0.05) is 0 Å². The maximum absolute atomic E-state index is 11.8. The lowest BCUT2D eigenvalue weighted by Gasteiger charge is -2.07. The van der Waals surface area contributed by atoms with E-state index in [4.69, 9.17) is 5.11 Å². The third-order valence-electron chi connectivity index (χ3n) is 3.21. The molecule has 1 aliphatic rings. The van der Waals surface area contributed by atoms with E-state index in [1.807, 2.05) is 0 Å². The summed E-state index contributed by atoms with van der Waals surface area (Å²) in [7, 11) is 0. The summed E-state index contributed by atoms with van der Waals surface area (Å²) in [6.45, 7) is 0.180. The molecule has 0 spiro atoms. The van der Waals surface area contributed by atoms with Gasteiger partial charge in [-0.3, -0.25) is 4.79 Å². The Kier molecular flexibility index (Phi) is 2.29. The second-order valence-electron chi connectivity index (χ2n) is 4.10. The topological polar surface area (TPSA) is 66.0 Å². The summed E-state index contributed by atoms with van der Waals surface area (Å²) in [6, 6.07) is 0. The fourth-order valence-electron chi connectivity index (χ4n) is 2.52. The molecular formula is C11H12N2O2S. The molecule has 1 atom stereocenters. The molecule has 1 aliphatic carbocycles. The number of aromatic amines is 1. The lowest BCUT2D eigenvalue weighted by atomic mass is 9.98. The Balaban J connectivity index is 2.26. The third-order valence-corrected chi connectivity index (χ3v) is 4.39. The van der Waals surface area contributed by atoms with Gasteiger partial charge in [0.15, 0.2) is 0 Å². The smallest absolute Gasteiger partial charge is 0.259 e. The second-order valence-corrected chi connectivity index (χ2v) is 5.18. The number of thiophene rings is 1. The highest BCUT2D eigenvalue weighted by atomic mass is 32.1. The number of fused-ring (bicyclic) bond motifs is 3. The summed E-state index contributed by atoms with van der Waals surface area (Å²) in [4.78, 5) is 20.7. The van der Waals surface area contributed by atoms with Gasteiger partial charge in [0.05, 0.1) is 11.7 Å². The molecule has 16 heavy (non-hydrogen) atoms. The zero-order chi connectivity index (χ0) is 11.1. The van der Waals surface area contributed by atoms with Gasteiger partial charge in [-0.05, 0) is 30.7 Å². The first kappa shape index (κ1) is 9.99. The summed E-state index contributed by atoms with van der Waals surface area (Å²) in [5, 5.41) is 9.78. The highest BCUT2D eigenvalue weighted by Gasteiger charge is 2.28. The van der Waals surface area contributed by atoms with Gasteiger partial charge in [-0.2, -0.15) is 0 Å². The molecule has 5 heteroatoms. The largest absolute Gasteiger partial charge is 0.396 e. The van der Waals surface area contributed by atoms with Crippen LogP contribution in [0.4, 0.5) is 0 Å². The first-order chi connectivity index (χ1) is 7.81. The number of rotatable bonds is 2. The van der Waals surface area contributed by atoms with E-state index in [-0.39, 0.29) is 12.2 Å². The molecule has 2 aromatic heterocycles. The van der Waals surface area contributed by atoms with Gasteiger partial charge in [-0.15, -0.1) is 11.3 Å². The van der Waals surface area contributed by atoms with E-state index in [0.29, 0.717) is 5.92 Å². The van der Waals surface area contributed by atoms with Gasteiger partial charge in [0.1, 0.15) is 4.83 Å². The number of hydrogen-bond donors (Lipinski definition) is 2. The van der Waals surface area contributed by atoms with Crippen LogP contribution >= 0.6 is 11.3 Å². The van der Waals surface area contributed by atoms with Crippen molar-refractivity contribution < 1.29 is 5.11 Å². The minimum absolute atomic E-state index is 0.0488. The minimum atomic E-state index is -0.0488. The van der Waals surface area contributed by atoms with Crippen molar-refractivity contribution >= 4 is 21.6 Å². The van der Waals surface area contributed by atoms with E-state index in [1.165, 1.54) is 11.2 Å². The number of hydrogen-bond acceptors (Lipinski definition) is 4. The van der Waals surface area contributed by atoms with Crippen molar-refractivity contribution in [3.8, 4) is 0 Å². The maximum atomic E-state index is 11.8. The quantitative estimate of drug-likeness (QED) is 0.828. The summed E-state index contributed by atoms with van der Waals surface area (Å²) < 4.78 is 0. The Hall–Kier alpha value is -1.20.